The summed E-state index contributed by atoms with van der Waals surface area (Å²) in [5.41, 5.74) is 18.8. The van der Waals surface area contributed by atoms with Gasteiger partial charge in [0.05, 0.1) is 0 Å². The number of para-hydroxylation sites is 1. The molecule has 0 aliphatic heterocycles. The molecule has 13 heavy (non-hydrogen) atoms. The first-order chi connectivity index (χ1) is 6.25. The van der Waals surface area contributed by atoms with Gasteiger partial charge in [0.25, 0.3) is 0 Å². The average Bonchev–Trinajstić information content (AvgIpc) is 2.15. The van der Waals surface area contributed by atoms with Crippen LogP contribution in [-0.4, -0.2) is 0 Å². The second kappa shape index (κ2) is 4.21. The molecular formula is C10H13N3. The van der Waals surface area contributed by atoms with Crippen LogP contribution in [0.5, 0.6) is 0 Å². The van der Waals surface area contributed by atoms with Crippen LogP contribution >= 0.6 is 0 Å². The second-order valence-corrected chi connectivity index (χ2v) is 2.59. The van der Waals surface area contributed by atoms with Gasteiger partial charge in [0, 0.05) is 16.9 Å². The molecule has 3 heteroatoms. The van der Waals surface area contributed by atoms with Crippen LogP contribution in [0.1, 0.15) is 5.56 Å². The van der Waals surface area contributed by atoms with Gasteiger partial charge < -0.3 is 17.2 Å². The first kappa shape index (κ1) is 9.19. The Morgan fingerprint density at radius 1 is 1.23 bits per heavy atom. The van der Waals surface area contributed by atoms with Crippen molar-refractivity contribution in [1.82, 2.24) is 0 Å². The van der Waals surface area contributed by atoms with E-state index in [9.17, 15) is 0 Å². The molecule has 0 atom stereocenters. The largest absolute Gasteiger partial charge is 0.405 e. The van der Waals surface area contributed by atoms with E-state index in [2.05, 4.69) is 0 Å². The van der Waals surface area contributed by atoms with Crippen molar-refractivity contribution in [3.05, 3.63) is 48.2 Å². The molecule has 0 spiro atoms. The van der Waals surface area contributed by atoms with E-state index in [0.29, 0.717) is 11.4 Å². The zero-order valence-corrected chi connectivity index (χ0v) is 7.27. The van der Waals surface area contributed by atoms with Crippen LogP contribution < -0.4 is 17.2 Å². The number of anilines is 1. The monoisotopic (exact) mass is 175 g/mol. The van der Waals surface area contributed by atoms with Gasteiger partial charge in [0.1, 0.15) is 0 Å². The fourth-order valence-corrected chi connectivity index (χ4v) is 1.01. The average molecular weight is 175 g/mol. The molecule has 0 radical (unpaired) electrons. The summed E-state index contributed by atoms with van der Waals surface area (Å²) in [6, 6.07) is 7.43. The van der Waals surface area contributed by atoms with E-state index in [1.54, 1.807) is 12.2 Å². The summed E-state index contributed by atoms with van der Waals surface area (Å²) >= 11 is 0. The van der Waals surface area contributed by atoms with Crippen molar-refractivity contribution in [3.63, 3.8) is 0 Å². The zero-order valence-electron chi connectivity index (χ0n) is 7.27. The Labute approximate surface area is 77.5 Å². The summed E-state index contributed by atoms with van der Waals surface area (Å²) in [6.45, 7) is 0. The molecule has 1 rings (SSSR count). The Morgan fingerprint density at radius 2 is 1.92 bits per heavy atom. The highest BCUT2D eigenvalue weighted by Crippen LogP contribution is 2.16. The van der Waals surface area contributed by atoms with Crippen LogP contribution in [0.25, 0.3) is 5.70 Å². The van der Waals surface area contributed by atoms with Gasteiger partial charge in [-0.1, -0.05) is 18.2 Å². The molecule has 3 nitrogen and oxygen atoms in total. The lowest BCUT2D eigenvalue weighted by Gasteiger charge is -2.03. The lowest BCUT2D eigenvalue weighted by atomic mass is 10.1. The molecule has 1 aromatic carbocycles. The molecule has 0 aromatic heterocycles. The Kier molecular flexibility index (Phi) is 2.97. The van der Waals surface area contributed by atoms with Gasteiger partial charge in [-0.3, -0.25) is 0 Å². The molecular weight excluding hydrogens is 162 g/mol. The van der Waals surface area contributed by atoms with Crippen LogP contribution in [0.2, 0.25) is 0 Å². The van der Waals surface area contributed by atoms with E-state index >= 15 is 0 Å². The number of benzene rings is 1. The van der Waals surface area contributed by atoms with Crippen LogP contribution in [0, 0.1) is 0 Å². The van der Waals surface area contributed by atoms with Crippen molar-refractivity contribution in [2.24, 2.45) is 11.5 Å². The highest BCUT2D eigenvalue weighted by atomic mass is 14.6. The fraction of sp³-hybridized carbons (Fsp3) is 0. The second-order valence-electron chi connectivity index (χ2n) is 2.59. The van der Waals surface area contributed by atoms with E-state index in [1.807, 2.05) is 24.3 Å². The molecule has 0 aliphatic rings. The summed E-state index contributed by atoms with van der Waals surface area (Å²) in [5, 5.41) is 0. The van der Waals surface area contributed by atoms with Crippen LogP contribution in [0.15, 0.2) is 42.6 Å². The van der Waals surface area contributed by atoms with Gasteiger partial charge in [0.15, 0.2) is 0 Å². The third-order valence-electron chi connectivity index (χ3n) is 1.66. The quantitative estimate of drug-likeness (QED) is 0.464. The van der Waals surface area contributed by atoms with Gasteiger partial charge in [0.2, 0.25) is 0 Å². The molecule has 0 amide bonds. The Hall–Kier alpha value is -1.90. The zero-order chi connectivity index (χ0) is 9.68. The Bertz CT molecular complexity index is 340. The normalized spacial score (nSPS) is 12.2. The van der Waals surface area contributed by atoms with E-state index in [-0.39, 0.29) is 0 Å². The minimum atomic E-state index is 0.611. The molecule has 0 aliphatic carbocycles. The third-order valence-corrected chi connectivity index (χ3v) is 1.66. The number of hydrogen-bond acceptors (Lipinski definition) is 3. The van der Waals surface area contributed by atoms with Crippen molar-refractivity contribution in [1.29, 1.82) is 0 Å². The smallest absolute Gasteiger partial charge is 0.0409 e. The molecule has 0 fully saturated rings. The highest BCUT2D eigenvalue weighted by molar-refractivity contribution is 5.73. The van der Waals surface area contributed by atoms with Crippen molar-refractivity contribution < 1.29 is 0 Å². The van der Waals surface area contributed by atoms with Crippen LogP contribution in [0.4, 0.5) is 5.69 Å². The summed E-state index contributed by atoms with van der Waals surface area (Å²) < 4.78 is 0. The van der Waals surface area contributed by atoms with E-state index in [4.69, 9.17) is 17.2 Å². The minimum absolute atomic E-state index is 0.611. The lowest BCUT2D eigenvalue weighted by molar-refractivity contribution is 1.50. The predicted molar refractivity (Wildman–Crippen MR) is 56.3 cm³/mol. The molecule has 0 unspecified atom stereocenters. The molecule has 68 valence electrons. The fourth-order valence-electron chi connectivity index (χ4n) is 1.01. The van der Waals surface area contributed by atoms with E-state index in [0.717, 1.165) is 5.56 Å². The van der Waals surface area contributed by atoms with Crippen LogP contribution in [0.3, 0.4) is 0 Å². The van der Waals surface area contributed by atoms with Crippen LogP contribution in [-0.2, 0) is 0 Å². The van der Waals surface area contributed by atoms with Gasteiger partial charge in [-0.15, -0.1) is 0 Å². The van der Waals surface area contributed by atoms with Gasteiger partial charge in [-0.2, -0.15) is 0 Å². The molecule has 0 bridgehead atoms. The summed E-state index contributed by atoms with van der Waals surface area (Å²) in [4.78, 5) is 0. The summed E-state index contributed by atoms with van der Waals surface area (Å²) in [7, 11) is 0. The van der Waals surface area contributed by atoms with E-state index < -0.39 is 0 Å². The summed E-state index contributed by atoms with van der Waals surface area (Å²) in [5.74, 6) is 0. The number of rotatable bonds is 2. The topological polar surface area (TPSA) is 78.1 Å². The molecule has 0 heterocycles. The Morgan fingerprint density at radius 3 is 2.54 bits per heavy atom. The van der Waals surface area contributed by atoms with Crippen molar-refractivity contribution in [2.45, 2.75) is 0 Å². The number of nitrogens with two attached hydrogens (primary N) is 3. The maximum Gasteiger partial charge on any atom is 0.0409 e. The van der Waals surface area contributed by atoms with Gasteiger partial charge >= 0.3 is 0 Å². The first-order valence-electron chi connectivity index (χ1n) is 3.94. The summed E-state index contributed by atoms with van der Waals surface area (Å²) in [6.07, 6.45) is 4.81. The predicted octanol–water partition coefficient (Wildman–Crippen LogP) is 1.04. The van der Waals surface area contributed by atoms with Crippen molar-refractivity contribution in [2.75, 3.05) is 5.73 Å². The maximum absolute atomic E-state index is 5.76. The number of allylic oxidation sites excluding steroid dienone is 2. The number of nitrogen functional groups attached to an aromatic ring is 1. The van der Waals surface area contributed by atoms with Crippen molar-refractivity contribution >= 4 is 11.4 Å². The third kappa shape index (κ3) is 2.27. The lowest BCUT2D eigenvalue weighted by Crippen LogP contribution is -2.00. The highest BCUT2D eigenvalue weighted by Gasteiger charge is 1.98. The molecule has 6 N–H and O–H groups in total. The standard InChI is InChI=1S/C10H13N3/c11-7-3-6-10(13)8-4-1-2-5-9(8)12/h1-7H,11-13H2/b7-3-,10-6-. The molecule has 0 saturated heterocycles. The molecule has 1 aromatic rings. The van der Waals surface area contributed by atoms with E-state index in [1.165, 1.54) is 6.20 Å². The number of hydrogen-bond donors (Lipinski definition) is 3. The van der Waals surface area contributed by atoms with Crippen molar-refractivity contribution in [3.8, 4) is 0 Å². The minimum Gasteiger partial charge on any atom is -0.405 e. The Balaban J connectivity index is 3.01. The maximum atomic E-state index is 5.76. The SMILES string of the molecule is N/C=C\C=C(/N)c1ccccc1N. The van der Waals surface area contributed by atoms with Gasteiger partial charge in [-0.25, -0.2) is 0 Å². The first-order valence-corrected chi connectivity index (χ1v) is 3.94. The van der Waals surface area contributed by atoms with Gasteiger partial charge in [-0.05, 0) is 24.4 Å². The molecule has 0 saturated carbocycles.